The Morgan fingerprint density at radius 3 is 2.88 bits per heavy atom. The highest BCUT2D eigenvalue weighted by Crippen LogP contribution is 2.31. The fourth-order valence-electron chi connectivity index (χ4n) is 2.54. The number of fused-ring (bicyclic) bond motifs is 1. The molecule has 2 aromatic carbocycles. The number of nitrogens with zero attached hydrogens (tertiary/aromatic N) is 1. The van der Waals surface area contributed by atoms with Crippen molar-refractivity contribution in [2.75, 3.05) is 5.32 Å². The van der Waals surface area contributed by atoms with Gasteiger partial charge in [0, 0.05) is 35.2 Å². The van der Waals surface area contributed by atoms with Crippen LogP contribution in [0.3, 0.4) is 0 Å². The molecular formula is C19H16ClFN2O2. The lowest BCUT2D eigenvalue weighted by atomic mass is 10.1. The van der Waals surface area contributed by atoms with E-state index in [1.54, 1.807) is 6.20 Å². The van der Waals surface area contributed by atoms with Gasteiger partial charge in [0.05, 0.1) is 10.7 Å². The lowest BCUT2D eigenvalue weighted by Gasteiger charge is -2.13. The molecule has 1 N–H and O–H groups in total. The normalized spacial score (nSPS) is 10.7. The van der Waals surface area contributed by atoms with E-state index < -0.39 is 5.82 Å². The van der Waals surface area contributed by atoms with Crippen LogP contribution in [-0.4, -0.2) is 10.9 Å². The lowest BCUT2D eigenvalue weighted by molar-refractivity contribution is -0.114. The Morgan fingerprint density at radius 2 is 2.12 bits per heavy atom. The first-order chi connectivity index (χ1) is 12.0. The summed E-state index contributed by atoms with van der Waals surface area (Å²) in [5, 5.41) is 4.53. The van der Waals surface area contributed by atoms with Gasteiger partial charge >= 0.3 is 0 Å². The van der Waals surface area contributed by atoms with Gasteiger partial charge in [-0.3, -0.25) is 9.78 Å². The van der Waals surface area contributed by atoms with Crippen LogP contribution in [0.2, 0.25) is 5.02 Å². The molecule has 25 heavy (non-hydrogen) atoms. The number of anilines is 1. The van der Waals surface area contributed by atoms with Crippen LogP contribution in [-0.2, 0) is 11.4 Å². The van der Waals surface area contributed by atoms with Crippen molar-refractivity contribution in [3.63, 3.8) is 0 Å². The van der Waals surface area contributed by atoms with E-state index in [1.165, 1.54) is 19.1 Å². The highest BCUT2D eigenvalue weighted by atomic mass is 35.5. The Labute approximate surface area is 149 Å². The van der Waals surface area contributed by atoms with Gasteiger partial charge in [0.1, 0.15) is 18.2 Å². The SMILES string of the molecule is CC(=O)Nc1ccc(F)c(COc2cccc3cnc(C)cc23)c1Cl. The van der Waals surface area contributed by atoms with Crippen LogP contribution >= 0.6 is 11.6 Å². The number of nitrogens with one attached hydrogen (secondary N) is 1. The van der Waals surface area contributed by atoms with E-state index in [0.29, 0.717) is 11.4 Å². The van der Waals surface area contributed by atoms with E-state index in [2.05, 4.69) is 10.3 Å². The zero-order chi connectivity index (χ0) is 18.0. The second-order valence-electron chi connectivity index (χ2n) is 5.66. The van der Waals surface area contributed by atoms with Crippen LogP contribution in [0, 0.1) is 12.7 Å². The number of benzene rings is 2. The minimum atomic E-state index is -0.489. The summed E-state index contributed by atoms with van der Waals surface area (Å²) >= 11 is 6.22. The zero-order valence-corrected chi connectivity index (χ0v) is 14.5. The van der Waals surface area contributed by atoms with Gasteiger partial charge < -0.3 is 10.1 Å². The molecule has 1 heterocycles. The molecule has 3 aromatic rings. The summed E-state index contributed by atoms with van der Waals surface area (Å²) in [6.45, 7) is 3.20. The van der Waals surface area contributed by atoms with E-state index in [9.17, 15) is 9.18 Å². The molecule has 0 fully saturated rings. The average Bonchev–Trinajstić information content (AvgIpc) is 2.57. The summed E-state index contributed by atoms with van der Waals surface area (Å²) in [6.07, 6.45) is 1.77. The fourth-order valence-corrected chi connectivity index (χ4v) is 2.79. The molecule has 0 saturated carbocycles. The summed E-state index contributed by atoms with van der Waals surface area (Å²) < 4.78 is 20.0. The standard InChI is InChI=1S/C19H16ClFN2O2/c1-11-8-14-13(9-22-11)4-3-5-18(14)25-10-15-16(21)6-7-17(19(15)20)23-12(2)24/h3-9H,10H2,1-2H3,(H,23,24). The van der Waals surface area contributed by atoms with Crippen LogP contribution in [0.15, 0.2) is 42.6 Å². The molecule has 3 rings (SSSR count). The molecule has 128 valence electrons. The molecule has 6 heteroatoms. The molecule has 0 aliphatic heterocycles. The summed E-state index contributed by atoms with van der Waals surface area (Å²) in [7, 11) is 0. The van der Waals surface area contributed by atoms with E-state index in [0.717, 1.165) is 16.5 Å². The third-order valence-corrected chi connectivity index (χ3v) is 4.16. The minimum absolute atomic E-state index is 0.0570. The van der Waals surface area contributed by atoms with E-state index in [1.807, 2.05) is 31.2 Å². The molecule has 0 bridgehead atoms. The third-order valence-electron chi connectivity index (χ3n) is 3.73. The Morgan fingerprint density at radius 1 is 1.32 bits per heavy atom. The molecule has 0 spiro atoms. The van der Waals surface area contributed by atoms with Crippen molar-refractivity contribution in [3.8, 4) is 5.75 Å². The third kappa shape index (κ3) is 3.72. The van der Waals surface area contributed by atoms with Crippen molar-refractivity contribution < 1.29 is 13.9 Å². The van der Waals surface area contributed by atoms with Crippen molar-refractivity contribution in [2.24, 2.45) is 0 Å². The number of amides is 1. The van der Waals surface area contributed by atoms with Crippen molar-refractivity contribution in [1.29, 1.82) is 0 Å². The Bertz CT molecular complexity index is 960. The minimum Gasteiger partial charge on any atom is -0.488 e. The number of hydrogen-bond donors (Lipinski definition) is 1. The number of carbonyl (C=O) groups is 1. The van der Waals surface area contributed by atoms with Crippen molar-refractivity contribution in [1.82, 2.24) is 4.98 Å². The van der Waals surface area contributed by atoms with Crippen LogP contribution in [0.5, 0.6) is 5.75 Å². The van der Waals surface area contributed by atoms with Crippen molar-refractivity contribution in [3.05, 3.63) is 64.7 Å². The lowest BCUT2D eigenvalue weighted by Crippen LogP contribution is -2.08. The highest BCUT2D eigenvalue weighted by molar-refractivity contribution is 6.34. The Kier molecular flexibility index (Phi) is 4.86. The van der Waals surface area contributed by atoms with Gasteiger partial charge in [-0.05, 0) is 31.2 Å². The van der Waals surface area contributed by atoms with E-state index in [-0.39, 0.29) is 23.1 Å². The predicted octanol–water partition coefficient (Wildman–Crippen LogP) is 4.87. The topological polar surface area (TPSA) is 51.2 Å². The van der Waals surface area contributed by atoms with E-state index in [4.69, 9.17) is 16.3 Å². The Balaban J connectivity index is 1.92. The first-order valence-corrected chi connectivity index (χ1v) is 8.06. The number of aryl methyl sites for hydroxylation is 1. The maximum absolute atomic E-state index is 14.2. The van der Waals surface area contributed by atoms with Crippen LogP contribution in [0.25, 0.3) is 10.8 Å². The maximum atomic E-state index is 14.2. The highest BCUT2D eigenvalue weighted by Gasteiger charge is 2.14. The molecule has 1 aromatic heterocycles. The summed E-state index contributed by atoms with van der Waals surface area (Å²) in [5.74, 6) is -0.155. The molecular weight excluding hydrogens is 343 g/mol. The predicted molar refractivity (Wildman–Crippen MR) is 96.5 cm³/mol. The largest absolute Gasteiger partial charge is 0.488 e. The number of ether oxygens (including phenoxy) is 1. The number of rotatable bonds is 4. The molecule has 1 amide bonds. The van der Waals surface area contributed by atoms with Crippen LogP contribution in [0.4, 0.5) is 10.1 Å². The molecule has 0 radical (unpaired) electrons. The summed E-state index contributed by atoms with van der Waals surface area (Å²) in [5.41, 5.74) is 1.41. The van der Waals surface area contributed by atoms with Gasteiger partial charge in [-0.25, -0.2) is 4.39 Å². The number of carbonyl (C=O) groups excluding carboxylic acids is 1. The summed E-state index contributed by atoms with van der Waals surface area (Å²) in [6, 6.07) is 10.2. The van der Waals surface area contributed by atoms with E-state index >= 15 is 0 Å². The van der Waals surface area contributed by atoms with Gasteiger partial charge in [-0.15, -0.1) is 0 Å². The van der Waals surface area contributed by atoms with Gasteiger partial charge in [0.2, 0.25) is 5.91 Å². The molecule has 0 unspecified atom stereocenters. The number of aromatic nitrogens is 1. The number of pyridine rings is 1. The quantitative estimate of drug-likeness (QED) is 0.723. The van der Waals surface area contributed by atoms with Gasteiger partial charge in [-0.1, -0.05) is 23.7 Å². The van der Waals surface area contributed by atoms with Gasteiger partial charge in [0.15, 0.2) is 0 Å². The first-order valence-electron chi connectivity index (χ1n) is 7.68. The second-order valence-corrected chi connectivity index (χ2v) is 6.04. The fraction of sp³-hybridized carbons (Fsp3) is 0.158. The van der Waals surface area contributed by atoms with Crippen LogP contribution in [0.1, 0.15) is 18.2 Å². The summed E-state index contributed by atoms with van der Waals surface area (Å²) in [4.78, 5) is 15.5. The maximum Gasteiger partial charge on any atom is 0.221 e. The zero-order valence-electron chi connectivity index (χ0n) is 13.8. The van der Waals surface area contributed by atoms with Crippen molar-refractivity contribution >= 4 is 34.0 Å². The van der Waals surface area contributed by atoms with Crippen molar-refractivity contribution in [2.45, 2.75) is 20.5 Å². The molecule has 0 atom stereocenters. The van der Waals surface area contributed by atoms with Gasteiger partial charge in [0.25, 0.3) is 0 Å². The number of halogens is 2. The molecule has 0 aliphatic carbocycles. The smallest absolute Gasteiger partial charge is 0.221 e. The second kappa shape index (κ2) is 7.07. The molecule has 4 nitrogen and oxygen atoms in total. The monoisotopic (exact) mass is 358 g/mol. The first kappa shape index (κ1) is 17.2. The molecule has 0 saturated heterocycles. The average molecular weight is 359 g/mol. The van der Waals surface area contributed by atoms with Gasteiger partial charge in [-0.2, -0.15) is 0 Å². The van der Waals surface area contributed by atoms with Crippen LogP contribution < -0.4 is 10.1 Å². The molecule has 0 aliphatic rings. The Hall–Kier alpha value is -2.66. The number of hydrogen-bond acceptors (Lipinski definition) is 3.